The van der Waals surface area contributed by atoms with Gasteiger partial charge in [-0.1, -0.05) is 24.3 Å². The molecule has 0 aliphatic heterocycles. The van der Waals surface area contributed by atoms with Gasteiger partial charge in [0.2, 0.25) is 0 Å². The molecule has 0 aliphatic carbocycles. The average Bonchev–Trinajstić information content (AvgIpc) is 2.35. The average molecular weight is 252 g/mol. The van der Waals surface area contributed by atoms with Gasteiger partial charge >= 0.3 is 0 Å². The number of hydrogen-bond donors (Lipinski definition) is 1. The fourth-order valence-corrected chi connectivity index (χ4v) is 1.73. The summed E-state index contributed by atoms with van der Waals surface area (Å²) in [6.07, 6.45) is -1.39. The minimum atomic E-state index is -1.39. The Labute approximate surface area is 103 Å². The van der Waals surface area contributed by atoms with E-state index in [-0.39, 0.29) is 16.7 Å². The zero-order valence-corrected chi connectivity index (χ0v) is 9.62. The van der Waals surface area contributed by atoms with Gasteiger partial charge in [-0.25, -0.2) is 13.2 Å². The Bertz CT molecular complexity index is 581. The molecule has 0 aromatic heterocycles. The van der Waals surface area contributed by atoms with Crippen LogP contribution in [0.5, 0.6) is 0 Å². The highest BCUT2D eigenvalue weighted by Gasteiger charge is 2.19. The summed E-state index contributed by atoms with van der Waals surface area (Å²) in [5.74, 6) is -2.64. The smallest absolute Gasteiger partial charge is 0.165 e. The van der Waals surface area contributed by atoms with Crippen LogP contribution in [0.25, 0.3) is 0 Å². The van der Waals surface area contributed by atoms with E-state index >= 15 is 0 Å². The summed E-state index contributed by atoms with van der Waals surface area (Å²) in [6, 6.07) is 7.81. The van der Waals surface area contributed by atoms with Crippen molar-refractivity contribution in [3.05, 3.63) is 70.5 Å². The first-order valence-electron chi connectivity index (χ1n) is 5.38. The molecule has 0 amide bonds. The first-order valence-corrected chi connectivity index (χ1v) is 5.38. The number of benzene rings is 2. The molecule has 0 fully saturated rings. The van der Waals surface area contributed by atoms with Gasteiger partial charge in [0.05, 0.1) is 0 Å². The van der Waals surface area contributed by atoms with E-state index in [4.69, 9.17) is 0 Å². The standard InChI is InChI=1S/C14H11F3O/c1-8-5-6-11(13(17)12(8)16)14(18)9-3-2-4-10(15)7-9/h2-7,14,18H,1H3. The number of aliphatic hydroxyl groups excluding tert-OH is 1. The van der Waals surface area contributed by atoms with Crippen molar-refractivity contribution in [1.82, 2.24) is 0 Å². The summed E-state index contributed by atoms with van der Waals surface area (Å²) in [4.78, 5) is 0. The quantitative estimate of drug-likeness (QED) is 0.867. The second-order valence-electron chi connectivity index (χ2n) is 4.06. The highest BCUT2D eigenvalue weighted by molar-refractivity contribution is 5.33. The summed E-state index contributed by atoms with van der Waals surface area (Å²) < 4.78 is 40.1. The molecule has 1 nitrogen and oxygen atoms in total. The lowest BCUT2D eigenvalue weighted by Crippen LogP contribution is -2.05. The molecule has 0 aliphatic rings. The topological polar surface area (TPSA) is 20.2 Å². The molecule has 1 unspecified atom stereocenters. The molecule has 0 saturated heterocycles. The van der Waals surface area contributed by atoms with Crippen molar-refractivity contribution >= 4 is 0 Å². The predicted octanol–water partition coefficient (Wildman–Crippen LogP) is 3.49. The van der Waals surface area contributed by atoms with Gasteiger partial charge in [-0.15, -0.1) is 0 Å². The molecule has 1 N–H and O–H groups in total. The van der Waals surface area contributed by atoms with Gasteiger partial charge < -0.3 is 5.11 Å². The first kappa shape index (κ1) is 12.6. The van der Waals surface area contributed by atoms with Gasteiger partial charge in [-0.05, 0) is 30.2 Å². The third-order valence-corrected chi connectivity index (χ3v) is 2.76. The zero-order valence-electron chi connectivity index (χ0n) is 9.62. The summed E-state index contributed by atoms with van der Waals surface area (Å²) in [7, 11) is 0. The molecule has 2 aromatic carbocycles. The van der Waals surface area contributed by atoms with Crippen molar-refractivity contribution in [3.8, 4) is 0 Å². The van der Waals surface area contributed by atoms with Crippen molar-refractivity contribution in [1.29, 1.82) is 0 Å². The third-order valence-electron chi connectivity index (χ3n) is 2.76. The normalized spacial score (nSPS) is 12.5. The molecule has 0 spiro atoms. The minimum Gasteiger partial charge on any atom is -0.384 e. The Hall–Kier alpha value is -1.81. The van der Waals surface area contributed by atoms with Crippen LogP contribution in [0, 0.1) is 24.4 Å². The number of halogens is 3. The van der Waals surface area contributed by atoms with Crippen LogP contribution < -0.4 is 0 Å². The Morgan fingerprint density at radius 2 is 1.72 bits per heavy atom. The van der Waals surface area contributed by atoms with E-state index in [0.717, 1.165) is 6.07 Å². The second-order valence-corrected chi connectivity index (χ2v) is 4.06. The SMILES string of the molecule is Cc1ccc(C(O)c2cccc(F)c2)c(F)c1F. The largest absolute Gasteiger partial charge is 0.384 e. The van der Waals surface area contributed by atoms with Crippen molar-refractivity contribution in [2.45, 2.75) is 13.0 Å². The number of aliphatic hydroxyl groups is 1. The maximum atomic E-state index is 13.7. The van der Waals surface area contributed by atoms with Crippen LogP contribution in [-0.2, 0) is 0 Å². The third kappa shape index (κ3) is 2.24. The van der Waals surface area contributed by atoms with E-state index in [0.29, 0.717) is 0 Å². The lowest BCUT2D eigenvalue weighted by Gasteiger charge is -2.13. The predicted molar refractivity (Wildman–Crippen MR) is 61.6 cm³/mol. The van der Waals surface area contributed by atoms with Crippen molar-refractivity contribution in [3.63, 3.8) is 0 Å². The molecule has 0 saturated carbocycles. The Kier molecular flexibility index (Phi) is 3.39. The second kappa shape index (κ2) is 4.82. The van der Waals surface area contributed by atoms with Crippen molar-refractivity contribution in [2.75, 3.05) is 0 Å². The summed E-state index contributed by atoms with van der Waals surface area (Å²) in [6.45, 7) is 1.43. The van der Waals surface area contributed by atoms with Crippen LogP contribution in [0.3, 0.4) is 0 Å². The molecule has 2 aromatic rings. The number of rotatable bonds is 2. The van der Waals surface area contributed by atoms with Crippen LogP contribution in [0.4, 0.5) is 13.2 Å². The Balaban J connectivity index is 2.46. The fourth-order valence-electron chi connectivity index (χ4n) is 1.73. The highest BCUT2D eigenvalue weighted by atomic mass is 19.2. The molecule has 0 bridgehead atoms. The van der Waals surface area contributed by atoms with E-state index in [1.54, 1.807) is 0 Å². The molecular weight excluding hydrogens is 241 g/mol. The first-order chi connectivity index (χ1) is 8.50. The summed E-state index contributed by atoms with van der Waals surface area (Å²) in [5, 5.41) is 9.94. The Morgan fingerprint density at radius 3 is 2.39 bits per heavy atom. The van der Waals surface area contributed by atoms with Crippen molar-refractivity contribution < 1.29 is 18.3 Å². The molecule has 4 heteroatoms. The van der Waals surface area contributed by atoms with Gasteiger partial charge in [0.25, 0.3) is 0 Å². The van der Waals surface area contributed by atoms with Gasteiger partial charge in [-0.3, -0.25) is 0 Å². The highest BCUT2D eigenvalue weighted by Crippen LogP contribution is 2.27. The van der Waals surface area contributed by atoms with Gasteiger partial charge in [0.15, 0.2) is 11.6 Å². The van der Waals surface area contributed by atoms with E-state index in [2.05, 4.69) is 0 Å². The fraction of sp³-hybridized carbons (Fsp3) is 0.143. The van der Waals surface area contributed by atoms with Crippen LogP contribution >= 0.6 is 0 Å². The molecule has 0 radical (unpaired) electrons. The van der Waals surface area contributed by atoms with E-state index in [1.807, 2.05) is 0 Å². The van der Waals surface area contributed by atoms with Gasteiger partial charge in [0.1, 0.15) is 11.9 Å². The van der Waals surface area contributed by atoms with Gasteiger partial charge in [-0.2, -0.15) is 0 Å². The molecule has 0 heterocycles. The van der Waals surface area contributed by atoms with Crippen LogP contribution in [0.2, 0.25) is 0 Å². The maximum absolute atomic E-state index is 13.7. The summed E-state index contributed by atoms with van der Waals surface area (Å²) in [5.41, 5.74) is 0.128. The van der Waals surface area contributed by atoms with Crippen molar-refractivity contribution in [2.24, 2.45) is 0 Å². The summed E-state index contributed by atoms with van der Waals surface area (Å²) >= 11 is 0. The lowest BCUT2D eigenvalue weighted by atomic mass is 9.99. The minimum absolute atomic E-state index is 0.155. The molecule has 2 rings (SSSR count). The molecular formula is C14H11F3O. The number of hydrogen-bond acceptors (Lipinski definition) is 1. The van der Waals surface area contributed by atoms with Crippen LogP contribution in [0.15, 0.2) is 36.4 Å². The molecule has 94 valence electrons. The maximum Gasteiger partial charge on any atom is 0.165 e. The van der Waals surface area contributed by atoms with Crippen LogP contribution in [-0.4, -0.2) is 5.11 Å². The molecule has 18 heavy (non-hydrogen) atoms. The van der Waals surface area contributed by atoms with E-state index < -0.39 is 23.6 Å². The zero-order chi connectivity index (χ0) is 13.3. The van der Waals surface area contributed by atoms with E-state index in [9.17, 15) is 18.3 Å². The van der Waals surface area contributed by atoms with Gasteiger partial charge in [0, 0.05) is 5.56 Å². The lowest BCUT2D eigenvalue weighted by molar-refractivity contribution is 0.212. The van der Waals surface area contributed by atoms with Crippen LogP contribution in [0.1, 0.15) is 22.8 Å². The Morgan fingerprint density at radius 1 is 1.00 bits per heavy atom. The monoisotopic (exact) mass is 252 g/mol. The molecule has 1 atom stereocenters. The van der Waals surface area contributed by atoms with E-state index in [1.165, 1.54) is 37.3 Å². The number of aryl methyl sites for hydroxylation is 1.